The highest BCUT2D eigenvalue weighted by atomic mass is 32.1. The van der Waals surface area contributed by atoms with Crippen molar-refractivity contribution in [3.63, 3.8) is 0 Å². The Hall–Kier alpha value is -4.74. The first-order valence-electron chi connectivity index (χ1n) is 18.0. The molecule has 0 radical (unpaired) electrons. The molecule has 10 nitrogen and oxygen atoms in total. The standard InChI is InChI=1S/C40H44N6O4S/c1-4-40(18-21-50-22-19-40)17-16-31-30(23-25(2)24-42-31)37(47)43-29-12-10-27(11-13-29)39(49)46-26(3)35(45-32-9-6-20-41-36(32)46)33-14-15-34(51-33)38(48)44-28-7-5-8-28/h6,9-15,20,23-24,26,28H,4-5,7-8,16-19,21-22H2,1-3H3,(H,43,47)(H,44,48)/t26-/m1/s1. The number of carbonyl (C=O) groups excluding carboxylic acids is 3. The van der Waals surface area contributed by atoms with E-state index >= 15 is 0 Å². The monoisotopic (exact) mass is 704 g/mol. The molecule has 2 N–H and O–H groups in total. The van der Waals surface area contributed by atoms with Crippen LogP contribution in [0.5, 0.6) is 0 Å². The average Bonchev–Trinajstić information content (AvgIpc) is 3.63. The summed E-state index contributed by atoms with van der Waals surface area (Å²) in [6, 6.07) is 16.0. The molecule has 7 rings (SSSR count). The highest BCUT2D eigenvalue weighted by Crippen LogP contribution is 2.39. The summed E-state index contributed by atoms with van der Waals surface area (Å²) in [5.41, 5.74) is 4.82. The van der Waals surface area contributed by atoms with Gasteiger partial charge in [0.2, 0.25) is 0 Å². The second-order valence-electron chi connectivity index (χ2n) is 14.0. The van der Waals surface area contributed by atoms with Crippen molar-refractivity contribution in [2.24, 2.45) is 10.4 Å². The molecular weight excluding hydrogens is 661 g/mol. The summed E-state index contributed by atoms with van der Waals surface area (Å²) in [6.07, 6.45) is 11.5. The molecule has 1 saturated carbocycles. The number of aromatic nitrogens is 2. The number of pyridine rings is 2. The zero-order valence-electron chi connectivity index (χ0n) is 29.4. The normalized spacial score (nSPS) is 18.3. The van der Waals surface area contributed by atoms with Gasteiger partial charge < -0.3 is 15.4 Å². The average molecular weight is 705 g/mol. The summed E-state index contributed by atoms with van der Waals surface area (Å²) in [4.78, 5) is 57.9. The van der Waals surface area contributed by atoms with E-state index in [1.807, 2.05) is 44.3 Å². The Balaban J connectivity index is 1.07. The van der Waals surface area contributed by atoms with Crippen LogP contribution in [0.1, 0.15) is 105 Å². The van der Waals surface area contributed by atoms with Gasteiger partial charge in [-0.3, -0.25) is 24.3 Å². The molecule has 2 aliphatic heterocycles. The Morgan fingerprint density at radius 1 is 1.02 bits per heavy atom. The van der Waals surface area contributed by atoms with Crippen LogP contribution in [0.4, 0.5) is 17.2 Å². The first-order valence-corrected chi connectivity index (χ1v) is 18.8. The number of nitrogens with zero attached hydrogens (tertiary/aromatic N) is 4. The maximum absolute atomic E-state index is 14.2. The van der Waals surface area contributed by atoms with Gasteiger partial charge in [-0.2, -0.15) is 0 Å². The van der Waals surface area contributed by atoms with Crippen LogP contribution in [0.2, 0.25) is 0 Å². The summed E-state index contributed by atoms with van der Waals surface area (Å²) in [7, 11) is 0. The number of benzene rings is 1. The molecule has 4 aromatic rings. The fourth-order valence-corrected chi connectivity index (χ4v) is 8.11. The number of hydrogen-bond donors (Lipinski definition) is 2. The second-order valence-corrected chi connectivity index (χ2v) is 15.0. The topological polar surface area (TPSA) is 126 Å². The highest BCUT2D eigenvalue weighted by Gasteiger charge is 2.35. The first kappa shape index (κ1) is 34.7. The molecule has 51 heavy (non-hydrogen) atoms. The van der Waals surface area contributed by atoms with Crippen LogP contribution in [0.3, 0.4) is 0 Å². The minimum absolute atomic E-state index is 0.0723. The van der Waals surface area contributed by atoms with Crippen molar-refractivity contribution in [2.75, 3.05) is 23.4 Å². The molecule has 1 saturated heterocycles. The molecule has 264 valence electrons. The number of rotatable bonds is 10. The van der Waals surface area contributed by atoms with Gasteiger partial charge in [-0.1, -0.05) is 13.3 Å². The molecule has 1 aromatic carbocycles. The van der Waals surface area contributed by atoms with Crippen LogP contribution >= 0.6 is 11.3 Å². The number of fused-ring (bicyclic) bond motifs is 1. The second kappa shape index (κ2) is 14.9. The molecule has 1 aliphatic carbocycles. The van der Waals surface area contributed by atoms with Gasteiger partial charge in [-0.15, -0.1) is 11.3 Å². The Labute approximate surface area is 302 Å². The predicted molar refractivity (Wildman–Crippen MR) is 201 cm³/mol. The van der Waals surface area contributed by atoms with Crippen LogP contribution in [0.15, 0.2) is 72.0 Å². The largest absolute Gasteiger partial charge is 0.381 e. The smallest absolute Gasteiger partial charge is 0.261 e. The Morgan fingerprint density at radius 3 is 2.53 bits per heavy atom. The van der Waals surface area contributed by atoms with Crippen LogP contribution in [-0.2, 0) is 11.2 Å². The van der Waals surface area contributed by atoms with E-state index in [1.165, 1.54) is 11.3 Å². The maximum atomic E-state index is 14.2. The SMILES string of the molecule is CCC1(CCc2ncc(C)cc2C(=O)Nc2ccc(C(=O)N3c4ncccc4N=C(c4ccc(C(=O)NC5CCC5)s4)[C@H]3C)cc2)CCOCC1. The van der Waals surface area contributed by atoms with Gasteiger partial charge in [0.25, 0.3) is 17.7 Å². The zero-order chi connectivity index (χ0) is 35.5. The lowest BCUT2D eigenvalue weighted by Crippen LogP contribution is -2.46. The van der Waals surface area contributed by atoms with Crippen molar-refractivity contribution >= 4 is 52.0 Å². The fraction of sp³-hybridized carbons (Fsp3) is 0.400. The van der Waals surface area contributed by atoms with Crippen molar-refractivity contribution in [1.82, 2.24) is 15.3 Å². The number of nitrogens with one attached hydrogen (secondary N) is 2. The lowest BCUT2D eigenvalue weighted by atomic mass is 9.74. The maximum Gasteiger partial charge on any atom is 0.261 e. The van der Waals surface area contributed by atoms with Crippen LogP contribution in [0, 0.1) is 12.3 Å². The van der Waals surface area contributed by atoms with Gasteiger partial charge in [0.15, 0.2) is 5.82 Å². The number of amides is 3. The van der Waals surface area contributed by atoms with E-state index in [2.05, 4.69) is 27.5 Å². The Kier molecular flexibility index (Phi) is 10.1. The van der Waals surface area contributed by atoms with E-state index in [0.717, 1.165) is 80.7 Å². The molecule has 3 amide bonds. The van der Waals surface area contributed by atoms with Gasteiger partial charge in [0.1, 0.15) is 5.69 Å². The number of aryl methyl sites for hydroxylation is 2. The Bertz CT molecular complexity index is 1960. The number of ether oxygens (including phenoxy) is 1. The lowest BCUT2D eigenvalue weighted by molar-refractivity contribution is 0.00806. The van der Waals surface area contributed by atoms with Crippen molar-refractivity contribution < 1.29 is 19.1 Å². The van der Waals surface area contributed by atoms with Crippen LogP contribution < -0.4 is 15.5 Å². The fourth-order valence-electron chi connectivity index (χ4n) is 7.13. The van der Waals surface area contributed by atoms with Gasteiger partial charge in [-0.25, -0.2) is 9.98 Å². The molecule has 0 unspecified atom stereocenters. The molecule has 3 aliphatic rings. The van der Waals surface area contributed by atoms with Crippen molar-refractivity contribution in [3.8, 4) is 0 Å². The van der Waals surface area contributed by atoms with E-state index in [9.17, 15) is 14.4 Å². The summed E-state index contributed by atoms with van der Waals surface area (Å²) >= 11 is 1.38. The quantitative estimate of drug-likeness (QED) is 0.174. The number of carbonyl (C=O) groups is 3. The summed E-state index contributed by atoms with van der Waals surface area (Å²) in [5, 5.41) is 6.13. The highest BCUT2D eigenvalue weighted by molar-refractivity contribution is 7.16. The van der Waals surface area contributed by atoms with Gasteiger partial charge in [0, 0.05) is 42.9 Å². The summed E-state index contributed by atoms with van der Waals surface area (Å²) in [5.74, 6) is -0.0637. The zero-order valence-corrected chi connectivity index (χ0v) is 30.2. The molecule has 2 fully saturated rings. The number of anilines is 2. The minimum Gasteiger partial charge on any atom is -0.381 e. The van der Waals surface area contributed by atoms with Gasteiger partial charge in [-0.05, 0) is 124 Å². The molecule has 3 aromatic heterocycles. The van der Waals surface area contributed by atoms with Gasteiger partial charge in [0.05, 0.1) is 32.8 Å². The van der Waals surface area contributed by atoms with E-state index in [4.69, 9.17) is 9.73 Å². The van der Waals surface area contributed by atoms with Gasteiger partial charge >= 0.3 is 0 Å². The molecular formula is C40H44N6O4S. The number of aliphatic imine (C=N–C) groups is 1. The third kappa shape index (κ3) is 7.36. The van der Waals surface area contributed by atoms with E-state index in [1.54, 1.807) is 41.4 Å². The van der Waals surface area contributed by atoms with E-state index in [-0.39, 0.29) is 29.2 Å². The number of hydrogen-bond acceptors (Lipinski definition) is 8. The first-order chi connectivity index (χ1) is 24.7. The summed E-state index contributed by atoms with van der Waals surface area (Å²) in [6.45, 7) is 7.67. The summed E-state index contributed by atoms with van der Waals surface area (Å²) < 4.78 is 5.62. The minimum atomic E-state index is -0.444. The van der Waals surface area contributed by atoms with E-state index < -0.39 is 6.04 Å². The molecule has 0 bridgehead atoms. The van der Waals surface area contributed by atoms with Crippen molar-refractivity contribution in [3.05, 3.63) is 99.1 Å². The third-order valence-corrected chi connectivity index (χ3v) is 11.8. The molecule has 1 atom stereocenters. The lowest BCUT2D eigenvalue weighted by Gasteiger charge is -2.36. The molecule has 11 heteroatoms. The Morgan fingerprint density at radius 2 is 1.80 bits per heavy atom. The number of thiophene rings is 1. The molecule has 5 heterocycles. The molecule has 0 spiro atoms. The third-order valence-electron chi connectivity index (χ3n) is 10.7. The van der Waals surface area contributed by atoms with Crippen LogP contribution in [0.25, 0.3) is 0 Å². The predicted octanol–water partition coefficient (Wildman–Crippen LogP) is 7.69. The van der Waals surface area contributed by atoms with Crippen molar-refractivity contribution in [2.45, 2.75) is 84.2 Å². The van der Waals surface area contributed by atoms with Crippen molar-refractivity contribution in [1.29, 1.82) is 0 Å². The van der Waals surface area contributed by atoms with E-state index in [0.29, 0.717) is 38.9 Å². The van der Waals surface area contributed by atoms with Crippen LogP contribution in [-0.4, -0.2) is 58.7 Å².